The zero-order valence-electron chi connectivity index (χ0n) is 15.8. The van der Waals surface area contributed by atoms with Gasteiger partial charge in [-0.1, -0.05) is 23.2 Å². The molecule has 2 N–H and O–H groups in total. The van der Waals surface area contributed by atoms with Gasteiger partial charge in [0.05, 0.1) is 22.6 Å². The molecule has 0 fully saturated rings. The van der Waals surface area contributed by atoms with E-state index in [9.17, 15) is 14.3 Å². The van der Waals surface area contributed by atoms with Crippen LogP contribution in [0.1, 0.15) is 25.0 Å². The number of fused-ring (bicyclic) bond motifs is 1. The van der Waals surface area contributed by atoms with Crippen molar-refractivity contribution in [3.8, 4) is 5.69 Å². The summed E-state index contributed by atoms with van der Waals surface area (Å²) in [7, 11) is 0. The van der Waals surface area contributed by atoms with E-state index < -0.39 is 11.4 Å². The number of aryl methyl sites for hydroxylation is 1. The van der Waals surface area contributed by atoms with Gasteiger partial charge >= 0.3 is 0 Å². The van der Waals surface area contributed by atoms with Gasteiger partial charge < -0.3 is 15.0 Å². The maximum atomic E-state index is 14.3. The van der Waals surface area contributed by atoms with Gasteiger partial charge in [0.25, 0.3) is 0 Å². The Morgan fingerprint density at radius 1 is 1.25 bits per heavy atom. The van der Waals surface area contributed by atoms with Crippen LogP contribution in [0.4, 0.5) is 4.39 Å². The number of nitrogens with one attached hydrogen (secondary N) is 1. The van der Waals surface area contributed by atoms with E-state index in [0.717, 1.165) is 16.5 Å². The third-order valence-electron chi connectivity index (χ3n) is 4.39. The molecule has 28 heavy (non-hydrogen) atoms. The average molecular weight is 423 g/mol. The van der Waals surface area contributed by atoms with Crippen LogP contribution < -0.4 is 5.32 Å². The number of hydrogen-bond donors (Lipinski definition) is 2. The number of carbonyl (C=O) groups excluding carboxylic acids is 1. The molecule has 0 saturated heterocycles. The van der Waals surface area contributed by atoms with Crippen LogP contribution in [0.15, 0.2) is 36.5 Å². The van der Waals surface area contributed by atoms with Crippen LogP contribution >= 0.6 is 23.2 Å². The summed E-state index contributed by atoms with van der Waals surface area (Å²) in [5.41, 5.74) is 1.67. The zero-order valence-corrected chi connectivity index (χ0v) is 17.3. The molecule has 0 aliphatic carbocycles. The van der Waals surface area contributed by atoms with Crippen molar-refractivity contribution < 1.29 is 14.3 Å². The number of amides is 1. The summed E-state index contributed by atoms with van der Waals surface area (Å²) in [5, 5.41) is 14.3. The van der Waals surface area contributed by atoms with Gasteiger partial charge in [-0.15, -0.1) is 0 Å². The molecule has 1 aromatic heterocycles. The number of halogens is 3. The van der Waals surface area contributed by atoms with Crippen LogP contribution in [0.3, 0.4) is 0 Å². The van der Waals surface area contributed by atoms with Gasteiger partial charge in [-0.3, -0.25) is 4.79 Å². The van der Waals surface area contributed by atoms with Crippen LogP contribution in [0.5, 0.6) is 0 Å². The zero-order chi connectivity index (χ0) is 20.6. The number of nitrogens with zero attached hydrogens (tertiary/aromatic N) is 1. The fraction of sp³-hybridized carbons (Fsp3) is 0.286. The Kier molecular flexibility index (Phi) is 5.71. The number of hydrogen-bond acceptors (Lipinski definition) is 2. The van der Waals surface area contributed by atoms with E-state index in [2.05, 4.69) is 5.32 Å². The number of benzene rings is 2. The van der Waals surface area contributed by atoms with Crippen LogP contribution in [-0.4, -0.2) is 27.7 Å². The Balaban J connectivity index is 1.96. The second-order valence-corrected chi connectivity index (χ2v) is 8.35. The molecule has 0 spiro atoms. The molecule has 3 rings (SSSR count). The van der Waals surface area contributed by atoms with Crippen LogP contribution in [0, 0.1) is 12.7 Å². The van der Waals surface area contributed by atoms with Crippen molar-refractivity contribution in [1.29, 1.82) is 0 Å². The maximum absolute atomic E-state index is 14.3. The lowest BCUT2D eigenvalue weighted by molar-refractivity contribution is -0.121. The molecule has 2 aromatic carbocycles. The minimum atomic E-state index is -1.03. The summed E-state index contributed by atoms with van der Waals surface area (Å²) in [6, 6.07) is 8.10. The van der Waals surface area contributed by atoms with Crippen molar-refractivity contribution in [3.05, 3.63) is 63.5 Å². The van der Waals surface area contributed by atoms with E-state index in [0.29, 0.717) is 15.7 Å². The van der Waals surface area contributed by atoms with Gasteiger partial charge in [-0.25, -0.2) is 4.39 Å². The third kappa shape index (κ3) is 4.49. The molecule has 0 saturated carbocycles. The molecule has 1 amide bonds. The van der Waals surface area contributed by atoms with Gasteiger partial charge in [-0.2, -0.15) is 0 Å². The quantitative estimate of drug-likeness (QED) is 0.619. The standard InChI is InChI=1S/C21H21Cl2FN2O2/c1-12-10-26(20-16(12)8-14(22)9-17(20)23)15-4-5-18(24)13(6-15)7-19(27)25-11-21(2,3)28/h4-6,8-10,28H,7,11H2,1-3H3,(H,25,27). The van der Waals surface area contributed by atoms with Crippen molar-refractivity contribution in [1.82, 2.24) is 9.88 Å². The number of aromatic nitrogens is 1. The highest BCUT2D eigenvalue weighted by atomic mass is 35.5. The van der Waals surface area contributed by atoms with Crippen molar-refractivity contribution in [2.75, 3.05) is 6.54 Å². The summed E-state index contributed by atoms with van der Waals surface area (Å²) in [6.45, 7) is 5.21. The van der Waals surface area contributed by atoms with E-state index in [1.165, 1.54) is 6.07 Å². The molecule has 4 nitrogen and oxygen atoms in total. The van der Waals surface area contributed by atoms with Gasteiger partial charge in [-0.05, 0) is 62.2 Å². The maximum Gasteiger partial charge on any atom is 0.224 e. The first-order valence-electron chi connectivity index (χ1n) is 8.80. The number of carbonyl (C=O) groups is 1. The van der Waals surface area contributed by atoms with E-state index in [1.54, 1.807) is 32.0 Å². The third-order valence-corrected chi connectivity index (χ3v) is 4.90. The Morgan fingerprint density at radius 2 is 1.96 bits per heavy atom. The molecule has 7 heteroatoms. The molecular formula is C21H21Cl2FN2O2. The van der Waals surface area contributed by atoms with Crippen molar-refractivity contribution >= 4 is 40.0 Å². The number of aliphatic hydroxyl groups is 1. The molecule has 0 atom stereocenters. The molecule has 0 aliphatic rings. The Labute approximate surface area is 172 Å². The van der Waals surface area contributed by atoms with Gasteiger partial charge in [0.1, 0.15) is 5.82 Å². The lowest BCUT2D eigenvalue weighted by atomic mass is 10.1. The minimum Gasteiger partial charge on any atom is -0.389 e. The fourth-order valence-electron chi connectivity index (χ4n) is 3.04. The van der Waals surface area contributed by atoms with Crippen molar-refractivity contribution in [2.45, 2.75) is 32.8 Å². The topological polar surface area (TPSA) is 54.3 Å². The first kappa shape index (κ1) is 20.6. The van der Waals surface area contributed by atoms with E-state index >= 15 is 0 Å². The van der Waals surface area contributed by atoms with E-state index in [1.807, 2.05) is 23.8 Å². The molecule has 0 bridgehead atoms. The van der Waals surface area contributed by atoms with Crippen molar-refractivity contribution in [3.63, 3.8) is 0 Å². The summed E-state index contributed by atoms with van der Waals surface area (Å²) >= 11 is 12.5. The Morgan fingerprint density at radius 3 is 2.64 bits per heavy atom. The molecule has 0 aliphatic heterocycles. The summed E-state index contributed by atoms with van der Waals surface area (Å²) in [5.74, 6) is -0.832. The molecule has 3 aromatic rings. The lowest BCUT2D eigenvalue weighted by Crippen LogP contribution is -2.38. The molecule has 1 heterocycles. The fourth-order valence-corrected chi connectivity index (χ4v) is 3.62. The first-order valence-corrected chi connectivity index (χ1v) is 9.55. The van der Waals surface area contributed by atoms with Gasteiger partial charge in [0, 0.05) is 28.8 Å². The Bertz CT molecular complexity index is 1050. The monoisotopic (exact) mass is 422 g/mol. The molecular weight excluding hydrogens is 402 g/mol. The van der Waals surface area contributed by atoms with Gasteiger partial charge in [0.15, 0.2) is 0 Å². The Hall–Kier alpha value is -2.08. The molecule has 0 radical (unpaired) electrons. The molecule has 0 unspecified atom stereocenters. The normalized spacial score (nSPS) is 11.8. The van der Waals surface area contributed by atoms with Crippen LogP contribution in [0.2, 0.25) is 10.0 Å². The van der Waals surface area contributed by atoms with Crippen LogP contribution in [0.25, 0.3) is 16.6 Å². The predicted octanol–water partition coefficient (Wildman–Crippen LogP) is 4.81. The second kappa shape index (κ2) is 7.74. The van der Waals surface area contributed by atoms with Crippen molar-refractivity contribution in [2.24, 2.45) is 0 Å². The summed E-state index contributed by atoms with van der Waals surface area (Å²) in [6.07, 6.45) is 1.77. The highest BCUT2D eigenvalue weighted by molar-refractivity contribution is 6.38. The summed E-state index contributed by atoms with van der Waals surface area (Å²) < 4.78 is 16.2. The largest absolute Gasteiger partial charge is 0.389 e. The minimum absolute atomic E-state index is 0.0882. The second-order valence-electron chi connectivity index (χ2n) is 7.51. The highest BCUT2D eigenvalue weighted by Crippen LogP contribution is 2.33. The summed E-state index contributed by atoms with van der Waals surface area (Å²) in [4.78, 5) is 12.1. The predicted molar refractivity (Wildman–Crippen MR) is 111 cm³/mol. The van der Waals surface area contributed by atoms with E-state index in [-0.39, 0.29) is 24.4 Å². The smallest absolute Gasteiger partial charge is 0.224 e. The average Bonchev–Trinajstić information content (AvgIpc) is 2.91. The lowest BCUT2D eigenvalue weighted by Gasteiger charge is -2.17. The van der Waals surface area contributed by atoms with Crippen LogP contribution in [-0.2, 0) is 11.2 Å². The first-order chi connectivity index (χ1) is 13.0. The van der Waals surface area contributed by atoms with E-state index in [4.69, 9.17) is 23.2 Å². The SMILES string of the molecule is Cc1cn(-c2ccc(F)c(CC(=O)NCC(C)(C)O)c2)c2c(Cl)cc(Cl)cc12. The highest BCUT2D eigenvalue weighted by Gasteiger charge is 2.17. The number of rotatable bonds is 5. The molecule has 148 valence electrons. The van der Waals surface area contributed by atoms with Gasteiger partial charge in [0.2, 0.25) is 5.91 Å².